The van der Waals surface area contributed by atoms with E-state index >= 15 is 0 Å². The standard InChI is InChI=1S/C20H23ClN2O5S/c1-27-18-10-14-7-9-23(13-15(14)11-19(18)28-2)20(24)6-8-22-29(25,26)17-5-3-4-16(21)12-17/h3-5,10-12,22H,6-9,13H2,1-2H3. The summed E-state index contributed by atoms with van der Waals surface area (Å²) >= 11 is 5.85. The van der Waals surface area contributed by atoms with E-state index in [1.807, 2.05) is 12.1 Å². The summed E-state index contributed by atoms with van der Waals surface area (Å²) in [5.41, 5.74) is 2.12. The highest BCUT2D eigenvalue weighted by atomic mass is 35.5. The van der Waals surface area contributed by atoms with Crippen LogP contribution < -0.4 is 14.2 Å². The lowest BCUT2D eigenvalue weighted by atomic mass is 9.98. The van der Waals surface area contributed by atoms with Gasteiger partial charge >= 0.3 is 0 Å². The van der Waals surface area contributed by atoms with Crippen molar-refractivity contribution >= 4 is 27.5 Å². The van der Waals surface area contributed by atoms with Crippen molar-refractivity contribution < 1.29 is 22.7 Å². The van der Waals surface area contributed by atoms with Gasteiger partial charge in [0, 0.05) is 31.1 Å². The molecule has 0 fully saturated rings. The van der Waals surface area contributed by atoms with Gasteiger partial charge in [-0.15, -0.1) is 0 Å². The summed E-state index contributed by atoms with van der Waals surface area (Å²) in [6.45, 7) is 1.04. The predicted molar refractivity (Wildman–Crippen MR) is 110 cm³/mol. The molecule has 2 aromatic rings. The van der Waals surface area contributed by atoms with Crippen molar-refractivity contribution in [2.45, 2.75) is 24.3 Å². The number of hydrogen-bond acceptors (Lipinski definition) is 5. The fourth-order valence-corrected chi connectivity index (χ4v) is 4.60. The summed E-state index contributed by atoms with van der Waals surface area (Å²) in [6.07, 6.45) is 0.776. The number of rotatable bonds is 7. The molecule has 9 heteroatoms. The van der Waals surface area contributed by atoms with E-state index in [0.29, 0.717) is 36.0 Å². The van der Waals surface area contributed by atoms with Crippen LogP contribution in [0.15, 0.2) is 41.3 Å². The number of carbonyl (C=O) groups is 1. The molecule has 0 unspecified atom stereocenters. The van der Waals surface area contributed by atoms with Crippen LogP contribution in [0.3, 0.4) is 0 Å². The molecule has 0 spiro atoms. The van der Waals surface area contributed by atoms with E-state index in [-0.39, 0.29) is 23.8 Å². The highest BCUT2D eigenvalue weighted by Crippen LogP contribution is 2.33. The van der Waals surface area contributed by atoms with Gasteiger partial charge in [0.15, 0.2) is 11.5 Å². The van der Waals surface area contributed by atoms with Crippen LogP contribution in [0.2, 0.25) is 5.02 Å². The van der Waals surface area contributed by atoms with Crippen molar-refractivity contribution in [3.8, 4) is 11.5 Å². The summed E-state index contributed by atoms with van der Waals surface area (Å²) in [5, 5.41) is 0.336. The second-order valence-electron chi connectivity index (χ2n) is 6.65. The van der Waals surface area contributed by atoms with Gasteiger partial charge in [-0.2, -0.15) is 0 Å². The number of methoxy groups -OCH3 is 2. The van der Waals surface area contributed by atoms with E-state index in [1.54, 1.807) is 31.3 Å². The topological polar surface area (TPSA) is 84.9 Å². The summed E-state index contributed by atoms with van der Waals surface area (Å²) < 4.78 is 37.7. The molecule has 0 aromatic heterocycles. The number of benzene rings is 2. The number of halogens is 1. The van der Waals surface area contributed by atoms with E-state index in [9.17, 15) is 13.2 Å². The molecule has 29 heavy (non-hydrogen) atoms. The van der Waals surface area contributed by atoms with Gasteiger partial charge in [0.05, 0.1) is 19.1 Å². The van der Waals surface area contributed by atoms with Gasteiger partial charge in [0.25, 0.3) is 0 Å². The minimum atomic E-state index is -3.71. The Labute approximate surface area is 175 Å². The predicted octanol–water partition coefficient (Wildman–Crippen LogP) is 2.61. The molecule has 7 nitrogen and oxygen atoms in total. The molecule has 1 N–H and O–H groups in total. The van der Waals surface area contributed by atoms with E-state index in [0.717, 1.165) is 11.1 Å². The highest BCUT2D eigenvalue weighted by Gasteiger charge is 2.23. The lowest BCUT2D eigenvalue weighted by Gasteiger charge is -2.29. The fraction of sp³-hybridized carbons (Fsp3) is 0.350. The van der Waals surface area contributed by atoms with Crippen LogP contribution in [-0.2, 0) is 27.8 Å². The molecular formula is C20H23ClN2O5S. The van der Waals surface area contributed by atoms with Gasteiger partial charge in [0.2, 0.25) is 15.9 Å². The van der Waals surface area contributed by atoms with Crippen molar-refractivity contribution in [2.75, 3.05) is 27.3 Å². The third-order valence-corrected chi connectivity index (χ3v) is 6.50. The Kier molecular flexibility index (Phi) is 6.66. The molecule has 1 aliphatic rings. The summed E-state index contributed by atoms with van der Waals surface area (Å²) in [6, 6.07) is 9.82. The Morgan fingerprint density at radius 3 is 2.48 bits per heavy atom. The number of carbonyl (C=O) groups excluding carboxylic acids is 1. The maximum absolute atomic E-state index is 12.6. The molecule has 156 valence electrons. The molecule has 0 atom stereocenters. The first-order chi connectivity index (χ1) is 13.8. The SMILES string of the molecule is COc1cc2c(cc1OC)CN(C(=O)CCNS(=O)(=O)c1cccc(Cl)c1)CC2. The maximum atomic E-state index is 12.6. The van der Waals surface area contributed by atoms with Gasteiger partial charge in [-0.05, 0) is 47.9 Å². The van der Waals surface area contributed by atoms with Crippen molar-refractivity contribution in [2.24, 2.45) is 0 Å². The lowest BCUT2D eigenvalue weighted by molar-refractivity contribution is -0.131. The molecule has 0 aliphatic carbocycles. The zero-order valence-corrected chi connectivity index (χ0v) is 17.8. The quantitative estimate of drug-likeness (QED) is 0.718. The largest absolute Gasteiger partial charge is 0.493 e. The Balaban J connectivity index is 1.60. The van der Waals surface area contributed by atoms with Crippen LogP contribution in [0.4, 0.5) is 0 Å². The molecule has 0 saturated heterocycles. The summed E-state index contributed by atoms with van der Waals surface area (Å²) in [5.74, 6) is 1.18. The average Bonchev–Trinajstić information content (AvgIpc) is 2.72. The van der Waals surface area contributed by atoms with Gasteiger partial charge in [0.1, 0.15) is 0 Å². The second-order valence-corrected chi connectivity index (χ2v) is 8.85. The van der Waals surface area contributed by atoms with Crippen LogP contribution >= 0.6 is 11.6 Å². The van der Waals surface area contributed by atoms with Crippen molar-refractivity contribution in [1.29, 1.82) is 0 Å². The van der Waals surface area contributed by atoms with Crippen LogP contribution in [0.25, 0.3) is 0 Å². The zero-order valence-electron chi connectivity index (χ0n) is 16.3. The van der Waals surface area contributed by atoms with Gasteiger partial charge in [-0.1, -0.05) is 17.7 Å². The maximum Gasteiger partial charge on any atom is 0.240 e. The molecule has 0 radical (unpaired) electrons. The van der Waals surface area contributed by atoms with Crippen LogP contribution in [0.5, 0.6) is 11.5 Å². The Hall–Kier alpha value is -2.29. The first-order valence-electron chi connectivity index (χ1n) is 9.11. The molecule has 0 saturated carbocycles. The number of nitrogens with one attached hydrogen (secondary N) is 1. The molecule has 1 amide bonds. The van der Waals surface area contributed by atoms with Crippen LogP contribution in [0, 0.1) is 0 Å². The minimum Gasteiger partial charge on any atom is -0.493 e. The average molecular weight is 439 g/mol. The Morgan fingerprint density at radius 2 is 1.83 bits per heavy atom. The fourth-order valence-electron chi connectivity index (χ4n) is 3.26. The smallest absolute Gasteiger partial charge is 0.240 e. The summed E-state index contributed by atoms with van der Waals surface area (Å²) in [7, 11) is -0.548. The second kappa shape index (κ2) is 9.02. The van der Waals surface area contributed by atoms with Crippen LogP contribution in [-0.4, -0.2) is 46.5 Å². The third kappa shape index (κ3) is 5.01. The van der Waals surface area contributed by atoms with E-state index in [1.165, 1.54) is 12.1 Å². The Bertz CT molecular complexity index is 1010. The monoisotopic (exact) mass is 438 g/mol. The first kappa shape index (κ1) is 21.4. The van der Waals surface area contributed by atoms with Crippen LogP contribution in [0.1, 0.15) is 17.5 Å². The van der Waals surface area contributed by atoms with E-state index in [2.05, 4.69) is 4.72 Å². The number of fused-ring (bicyclic) bond motifs is 1. The van der Waals surface area contributed by atoms with Gasteiger partial charge in [-0.25, -0.2) is 13.1 Å². The number of ether oxygens (including phenoxy) is 2. The zero-order chi connectivity index (χ0) is 21.0. The molecule has 1 aliphatic heterocycles. The van der Waals surface area contributed by atoms with Gasteiger partial charge in [-0.3, -0.25) is 4.79 Å². The molecule has 0 bridgehead atoms. The lowest BCUT2D eigenvalue weighted by Crippen LogP contribution is -2.38. The number of nitrogens with zero attached hydrogens (tertiary/aromatic N) is 1. The third-order valence-electron chi connectivity index (χ3n) is 4.81. The highest BCUT2D eigenvalue weighted by molar-refractivity contribution is 7.89. The van der Waals surface area contributed by atoms with E-state index < -0.39 is 10.0 Å². The normalized spacial score (nSPS) is 13.7. The number of amides is 1. The van der Waals surface area contributed by atoms with Gasteiger partial charge < -0.3 is 14.4 Å². The molecule has 1 heterocycles. The number of hydrogen-bond donors (Lipinski definition) is 1. The molecular weight excluding hydrogens is 416 g/mol. The first-order valence-corrected chi connectivity index (χ1v) is 11.0. The van der Waals surface area contributed by atoms with Crippen molar-refractivity contribution in [3.63, 3.8) is 0 Å². The van der Waals surface area contributed by atoms with E-state index in [4.69, 9.17) is 21.1 Å². The minimum absolute atomic E-state index is 0.0168. The van der Waals surface area contributed by atoms with Crippen molar-refractivity contribution in [1.82, 2.24) is 9.62 Å². The van der Waals surface area contributed by atoms with Crippen molar-refractivity contribution in [3.05, 3.63) is 52.5 Å². The Morgan fingerprint density at radius 1 is 1.14 bits per heavy atom. The number of sulfonamides is 1. The molecule has 2 aromatic carbocycles. The summed E-state index contributed by atoms with van der Waals surface area (Å²) in [4.78, 5) is 14.4. The molecule has 3 rings (SSSR count).